The lowest BCUT2D eigenvalue weighted by atomic mass is 10.0. The molecule has 0 aromatic heterocycles. The zero-order valence-corrected chi connectivity index (χ0v) is 15.6. The van der Waals surface area contributed by atoms with E-state index in [-0.39, 0.29) is 17.9 Å². The number of carbonyl (C=O) groups is 1. The van der Waals surface area contributed by atoms with Crippen LogP contribution in [0, 0.1) is 0 Å². The predicted molar refractivity (Wildman–Crippen MR) is 102 cm³/mol. The Bertz CT molecular complexity index is 813. The van der Waals surface area contributed by atoms with Crippen LogP contribution in [0.1, 0.15) is 34.5 Å². The number of aliphatic hydroxyl groups excluding tert-OH is 1. The number of hydrogen-bond acceptors (Lipinski definition) is 4. The maximum Gasteiger partial charge on any atom is 0.416 e. The molecule has 1 atom stereocenters. The molecule has 4 nitrogen and oxygen atoms in total. The van der Waals surface area contributed by atoms with E-state index in [1.165, 1.54) is 25.1 Å². The van der Waals surface area contributed by atoms with Crippen LogP contribution in [0.2, 0.25) is 0 Å². The molecule has 0 bridgehead atoms. The van der Waals surface area contributed by atoms with Gasteiger partial charge in [-0.25, -0.2) is 0 Å². The number of piperazine rings is 1. The van der Waals surface area contributed by atoms with E-state index in [1.807, 2.05) is 17.0 Å². The van der Waals surface area contributed by atoms with Crippen LogP contribution >= 0.6 is 0 Å². The SMILES string of the molecule is CC(=O)c1ccc(N2CCN(C[C@@H](O)c3ccccc3C(F)(F)F)CC2)cc1. The highest BCUT2D eigenvalue weighted by molar-refractivity contribution is 5.94. The van der Waals surface area contributed by atoms with Crippen molar-refractivity contribution in [2.45, 2.75) is 19.2 Å². The number of β-amino-alcohol motifs (C(OH)–C–C–N with tert-alkyl or cyclic N) is 1. The first-order chi connectivity index (χ1) is 13.3. The molecule has 3 rings (SSSR count). The van der Waals surface area contributed by atoms with Gasteiger partial charge >= 0.3 is 6.18 Å². The van der Waals surface area contributed by atoms with Crippen LogP contribution in [0.4, 0.5) is 18.9 Å². The van der Waals surface area contributed by atoms with E-state index in [0.717, 1.165) is 11.8 Å². The Morgan fingerprint density at radius 2 is 1.64 bits per heavy atom. The van der Waals surface area contributed by atoms with Crippen molar-refractivity contribution in [2.24, 2.45) is 0 Å². The third-order valence-electron chi connectivity index (χ3n) is 5.07. The van der Waals surface area contributed by atoms with Crippen LogP contribution in [0.15, 0.2) is 48.5 Å². The highest BCUT2D eigenvalue weighted by Gasteiger charge is 2.35. The van der Waals surface area contributed by atoms with Gasteiger partial charge in [-0.1, -0.05) is 18.2 Å². The monoisotopic (exact) mass is 392 g/mol. The van der Waals surface area contributed by atoms with Crippen molar-refractivity contribution in [2.75, 3.05) is 37.6 Å². The first-order valence-electron chi connectivity index (χ1n) is 9.18. The van der Waals surface area contributed by atoms with Crippen LogP contribution in [-0.4, -0.2) is 48.5 Å². The summed E-state index contributed by atoms with van der Waals surface area (Å²) in [6, 6.07) is 12.6. The van der Waals surface area contributed by atoms with Gasteiger partial charge in [-0.2, -0.15) is 13.2 Å². The standard InChI is InChI=1S/C21H23F3N2O2/c1-15(27)16-6-8-17(9-7-16)26-12-10-25(11-13-26)14-20(28)18-4-2-3-5-19(18)21(22,23)24/h2-9,20,28H,10-14H2,1H3/t20-/m1/s1. The van der Waals surface area contributed by atoms with Gasteiger partial charge in [0.2, 0.25) is 0 Å². The second kappa shape index (κ2) is 8.32. The van der Waals surface area contributed by atoms with Crippen molar-refractivity contribution in [1.29, 1.82) is 0 Å². The summed E-state index contributed by atoms with van der Waals surface area (Å²) in [4.78, 5) is 15.5. The van der Waals surface area contributed by atoms with E-state index in [0.29, 0.717) is 31.7 Å². The number of nitrogens with zero attached hydrogens (tertiary/aromatic N) is 2. The summed E-state index contributed by atoms with van der Waals surface area (Å²) < 4.78 is 39.5. The molecule has 1 aliphatic rings. The Labute approximate surface area is 162 Å². The lowest BCUT2D eigenvalue weighted by Gasteiger charge is -2.37. The van der Waals surface area contributed by atoms with E-state index in [1.54, 1.807) is 12.1 Å². The molecule has 1 N–H and O–H groups in total. The van der Waals surface area contributed by atoms with Crippen molar-refractivity contribution in [3.05, 3.63) is 65.2 Å². The molecule has 0 radical (unpaired) electrons. The fourth-order valence-electron chi connectivity index (χ4n) is 3.48. The number of aliphatic hydroxyl groups is 1. The first kappa shape index (κ1) is 20.4. The van der Waals surface area contributed by atoms with Crippen molar-refractivity contribution in [3.63, 3.8) is 0 Å². The minimum Gasteiger partial charge on any atom is -0.387 e. The number of carbonyl (C=O) groups excluding carboxylic acids is 1. The molecule has 28 heavy (non-hydrogen) atoms. The number of hydrogen-bond donors (Lipinski definition) is 1. The first-order valence-corrected chi connectivity index (χ1v) is 9.18. The summed E-state index contributed by atoms with van der Waals surface area (Å²) >= 11 is 0. The van der Waals surface area contributed by atoms with Crippen LogP contribution in [0.3, 0.4) is 0 Å². The summed E-state index contributed by atoms with van der Waals surface area (Å²) in [5.74, 6) is 0.0181. The summed E-state index contributed by atoms with van der Waals surface area (Å²) in [6.45, 7) is 4.36. The number of anilines is 1. The molecular formula is C21H23F3N2O2. The topological polar surface area (TPSA) is 43.8 Å². The quantitative estimate of drug-likeness (QED) is 0.787. The highest BCUT2D eigenvalue weighted by atomic mass is 19.4. The van der Waals surface area contributed by atoms with Crippen LogP contribution < -0.4 is 4.90 Å². The number of Topliss-reactive ketones (excluding diaryl/α,β-unsaturated/α-hetero) is 1. The molecule has 0 aliphatic carbocycles. The van der Waals surface area contributed by atoms with Crippen molar-refractivity contribution in [3.8, 4) is 0 Å². The van der Waals surface area contributed by atoms with Gasteiger partial charge in [0.05, 0.1) is 11.7 Å². The minimum absolute atomic E-state index is 0.0181. The molecule has 1 aliphatic heterocycles. The second-order valence-electron chi connectivity index (χ2n) is 6.99. The maximum absolute atomic E-state index is 13.2. The Morgan fingerprint density at radius 1 is 1.04 bits per heavy atom. The average molecular weight is 392 g/mol. The van der Waals surface area contributed by atoms with Gasteiger partial charge in [0.25, 0.3) is 0 Å². The average Bonchev–Trinajstić information content (AvgIpc) is 2.68. The van der Waals surface area contributed by atoms with Crippen molar-refractivity contribution in [1.82, 2.24) is 4.90 Å². The number of benzene rings is 2. The fourth-order valence-corrected chi connectivity index (χ4v) is 3.48. The number of halogens is 3. The lowest BCUT2D eigenvalue weighted by Crippen LogP contribution is -2.47. The van der Waals surface area contributed by atoms with Gasteiger partial charge in [0.15, 0.2) is 5.78 Å². The minimum atomic E-state index is -4.48. The third-order valence-corrected chi connectivity index (χ3v) is 5.07. The molecule has 0 spiro atoms. The molecule has 2 aromatic rings. The van der Waals surface area contributed by atoms with Gasteiger partial charge in [-0.3, -0.25) is 9.69 Å². The largest absolute Gasteiger partial charge is 0.416 e. The maximum atomic E-state index is 13.2. The molecule has 0 amide bonds. The van der Waals surface area contributed by atoms with Gasteiger partial charge in [-0.15, -0.1) is 0 Å². The Balaban J connectivity index is 1.59. The molecule has 1 heterocycles. The summed E-state index contributed by atoms with van der Waals surface area (Å²) in [7, 11) is 0. The zero-order chi connectivity index (χ0) is 20.3. The van der Waals surface area contributed by atoms with E-state index < -0.39 is 17.8 Å². The van der Waals surface area contributed by atoms with Gasteiger partial charge < -0.3 is 10.0 Å². The van der Waals surface area contributed by atoms with Crippen LogP contribution in [-0.2, 0) is 6.18 Å². The molecule has 7 heteroatoms. The van der Waals surface area contributed by atoms with Gasteiger partial charge in [0.1, 0.15) is 0 Å². The second-order valence-corrected chi connectivity index (χ2v) is 6.99. The Kier molecular flexibility index (Phi) is 6.05. The van der Waals surface area contributed by atoms with Crippen LogP contribution in [0.5, 0.6) is 0 Å². The molecule has 0 saturated carbocycles. The summed E-state index contributed by atoms with van der Waals surface area (Å²) in [6.07, 6.45) is -5.68. The number of alkyl halides is 3. The van der Waals surface area contributed by atoms with Crippen molar-refractivity contribution < 1.29 is 23.1 Å². The van der Waals surface area contributed by atoms with Gasteiger partial charge in [0, 0.05) is 44.0 Å². The van der Waals surface area contributed by atoms with Gasteiger partial charge in [-0.05, 0) is 42.8 Å². The van der Waals surface area contributed by atoms with E-state index >= 15 is 0 Å². The number of ketones is 1. The molecular weight excluding hydrogens is 369 g/mol. The van der Waals surface area contributed by atoms with Crippen molar-refractivity contribution >= 4 is 11.5 Å². The normalized spacial score (nSPS) is 16.8. The fraction of sp³-hybridized carbons (Fsp3) is 0.381. The molecule has 0 unspecified atom stereocenters. The highest BCUT2D eigenvalue weighted by Crippen LogP contribution is 2.34. The molecule has 150 valence electrons. The summed E-state index contributed by atoms with van der Waals surface area (Å²) in [5.41, 5.74) is 0.797. The smallest absolute Gasteiger partial charge is 0.387 e. The number of rotatable bonds is 5. The van der Waals surface area contributed by atoms with E-state index in [2.05, 4.69) is 4.90 Å². The third kappa shape index (κ3) is 4.72. The Morgan fingerprint density at radius 3 is 2.21 bits per heavy atom. The predicted octanol–water partition coefficient (Wildman–Crippen LogP) is 3.76. The lowest BCUT2D eigenvalue weighted by molar-refractivity contribution is -0.139. The van der Waals surface area contributed by atoms with Crippen LogP contribution in [0.25, 0.3) is 0 Å². The molecule has 2 aromatic carbocycles. The molecule has 1 fully saturated rings. The van der Waals surface area contributed by atoms with E-state index in [4.69, 9.17) is 0 Å². The molecule has 1 saturated heterocycles. The zero-order valence-electron chi connectivity index (χ0n) is 15.6. The summed E-state index contributed by atoms with van der Waals surface area (Å²) in [5, 5.41) is 10.4. The Hall–Kier alpha value is -2.38. The van der Waals surface area contributed by atoms with E-state index in [9.17, 15) is 23.1 Å².